The van der Waals surface area contributed by atoms with Crippen LogP contribution in [0, 0.1) is 50.2 Å². The van der Waals surface area contributed by atoms with Gasteiger partial charge in [-0.15, -0.1) is 0 Å². The molecule has 0 aromatic rings. The lowest BCUT2D eigenvalue weighted by molar-refractivity contribution is -0.365. The minimum absolute atomic E-state index is 0.0670. The molecule has 0 radical (unpaired) electrons. The van der Waals surface area contributed by atoms with E-state index in [1.165, 1.54) is 19.4 Å². The molecule has 5 aliphatic carbocycles. The standard InChI is InChI=1S/C59H96O26/c1-24-34(63)38(67)42(71)49(78-24)83-46-29(20-60)80-48(45(74)41(46)70)77-22-30-37(66)40(69)44(73)51(81-30)85-53(75)59-17-15-54(3,4)19-27(59)26-9-10-32-55(5)13-12-33(56(6,23-61)31(55)11-14-58(32,8)57(26,7)16-18-59)82-52-47(36(65)28(62)21-76-52)84-50-43(72)39(68)35(64)25(2)79-50/h9,24-25,27-52,60-74H,10-23H2,1-8H3/t24-,25-,27-,28-,29+,30+,31+,32+,33-,34-,35-,36-,37+,38+,39+,40-,41+,42+,43+,44+,45+,46+,47+,48+,49-,50-,51-,52-,55-,56-,57+,58+,59-/m0/s1. The van der Waals surface area contributed by atoms with E-state index in [1.54, 1.807) is 0 Å². The quantitative estimate of drug-likeness (QED) is 0.0513. The summed E-state index contributed by atoms with van der Waals surface area (Å²) in [6, 6.07) is 0. The predicted molar refractivity (Wildman–Crippen MR) is 288 cm³/mol. The van der Waals surface area contributed by atoms with E-state index in [4.69, 9.17) is 47.4 Å². The second-order valence-electron chi connectivity index (χ2n) is 28.5. The van der Waals surface area contributed by atoms with E-state index < -0.39 is 189 Å². The van der Waals surface area contributed by atoms with Gasteiger partial charge in [0.1, 0.15) is 104 Å². The molecule has 5 saturated heterocycles. The third-order valence-electron chi connectivity index (χ3n) is 23.2. The van der Waals surface area contributed by atoms with Gasteiger partial charge in [-0.2, -0.15) is 0 Å². The highest BCUT2D eigenvalue weighted by Crippen LogP contribution is 2.76. The maximum Gasteiger partial charge on any atom is 0.315 e. The van der Waals surface area contributed by atoms with Crippen molar-refractivity contribution < 1.29 is 129 Å². The van der Waals surface area contributed by atoms with Gasteiger partial charge in [0, 0.05) is 5.41 Å². The number of ether oxygens (including phenoxy) is 10. The number of carbonyl (C=O) groups excluding carboxylic acids is 1. The van der Waals surface area contributed by atoms with Crippen LogP contribution in [0.25, 0.3) is 0 Å². The highest BCUT2D eigenvalue weighted by molar-refractivity contribution is 5.79. The van der Waals surface area contributed by atoms with E-state index in [2.05, 4.69) is 40.7 Å². The Morgan fingerprint density at radius 3 is 1.76 bits per heavy atom. The molecule has 0 unspecified atom stereocenters. The topological polar surface area (TPSA) is 413 Å². The van der Waals surface area contributed by atoms with E-state index in [0.29, 0.717) is 51.4 Å². The Morgan fingerprint density at radius 1 is 0.565 bits per heavy atom. The first-order valence-electron chi connectivity index (χ1n) is 30.6. The minimum atomic E-state index is -1.90. The van der Waals surface area contributed by atoms with Gasteiger partial charge in [0.15, 0.2) is 25.2 Å². The fourth-order valence-corrected chi connectivity index (χ4v) is 17.5. The zero-order chi connectivity index (χ0) is 62.0. The normalized spacial score (nSPS) is 55.3. The molecule has 0 bridgehead atoms. The van der Waals surface area contributed by atoms with E-state index in [0.717, 1.165) is 12.8 Å². The van der Waals surface area contributed by atoms with Crippen LogP contribution in [-0.4, -0.2) is 263 Å². The highest BCUT2D eigenvalue weighted by Gasteiger charge is 2.71. The van der Waals surface area contributed by atoms with Gasteiger partial charge < -0.3 is 124 Å². The molecule has 9 fully saturated rings. The number of esters is 1. The summed E-state index contributed by atoms with van der Waals surface area (Å²) in [6.45, 7) is 14.3. The summed E-state index contributed by atoms with van der Waals surface area (Å²) in [6.07, 6.45) is -29.6. The molecule has 26 heteroatoms. The highest BCUT2D eigenvalue weighted by atomic mass is 16.8. The van der Waals surface area contributed by atoms with Gasteiger partial charge in [0.25, 0.3) is 0 Å². The largest absolute Gasteiger partial charge is 0.432 e. The van der Waals surface area contributed by atoms with Crippen molar-refractivity contribution in [3.63, 3.8) is 0 Å². The average Bonchev–Trinajstić information content (AvgIpc) is 0.692. The smallest absolute Gasteiger partial charge is 0.315 e. The number of fused-ring (bicyclic) bond motifs is 7. The Morgan fingerprint density at radius 2 is 1.14 bits per heavy atom. The van der Waals surface area contributed by atoms with Crippen LogP contribution in [0.2, 0.25) is 0 Å². The molecule has 10 rings (SSSR count). The Kier molecular flexibility index (Phi) is 19.0. The monoisotopic (exact) mass is 1220 g/mol. The molecule has 5 heterocycles. The van der Waals surface area contributed by atoms with Crippen molar-refractivity contribution in [2.24, 2.45) is 50.2 Å². The molecule has 4 saturated carbocycles. The molecule has 85 heavy (non-hydrogen) atoms. The maximum absolute atomic E-state index is 15.2. The van der Waals surface area contributed by atoms with Crippen molar-refractivity contribution in [1.82, 2.24) is 0 Å². The Bertz CT molecular complexity index is 2370. The van der Waals surface area contributed by atoms with Gasteiger partial charge in [0.2, 0.25) is 6.29 Å². The van der Waals surface area contributed by atoms with Crippen molar-refractivity contribution in [2.45, 2.75) is 273 Å². The SMILES string of the molecule is C[C@@H]1O[C@@H](O[C@H]2[C@H](O[C@H]3CC[C@@]4(C)[C@@H](CC[C@]5(C)[C@@H]4CC=C4[C@@H]6CC(C)(C)CC[C@]6(C(=O)O[C@@H]6O[C@H](CO[C@@H]7O[C@H](CO)[C@@H](O[C@@H]8O[C@@H](C)[C@H](O)[C@@H](O)[C@H]8O)[C@H](O)[C@H]7O)[C@@H](O)[C@H](O)[C@H]6O)CC[C@]45C)[C@]3(C)CO)OC[C@H](O)[C@@H]2O)[C@H](O)[C@H](O)[C@H]1O. The molecule has 0 aromatic heterocycles. The van der Waals surface area contributed by atoms with Crippen molar-refractivity contribution >= 4 is 5.97 Å². The number of aliphatic hydroxyl groups is 15. The summed E-state index contributed by atoms with van der Waals surface area (Å²) < 4.78 is 59.4. The number of hydrogen-bond donors (Lipinski definition) is 15. The fraction of sp³-hybridized carbons (Fsp3) is 0.949. The molecule has 26 nitrogen and oxygen atoms in total. The van der Waals surface area contributed by atoms with Crippen molar-refractivity contribution in [3.05, 3.63) is 11.6 Å². The summed E-state index contributed by atoms with van der Waals surface area (Å²) in [5.41, 5.74) is -1.93. The lowest BCUT2D eigenvalue weighted by Crippen LogP contribution is -2.67. The number of rotatable bonds is 13. The first-order chi connectivity index (χ1) is 39.8. The van der Waals surface area contributed by atoms with Crippen LogP contribution in [0.3, 0.4) is 0 Å². The van der Waals surface area contributed by atoms with Gasteiger partial charge in [-0.1, -0.05) is 53.2 Å². The van der Waals surface area contributed by atoms with E-state index in [1.807, 2.05) is 6.92 Å². The van der Waals surface area contributed by atoms with Crippen molar-refractivity contribution in [1.29, 1.82) is 0 Å². The zero-order valence-electron chi connectivity index (χ0n) is 49.8. The number of hydrogen-bond acceptors (Lipinski definition) is 26. The van der Waals surface area contributed by atoms with Gasteiger partial charge in [-0.3, -0.25) is 4.79 Å². The lowest BCUT2D eigenvalue weighted by atomic mass is 9.33. The van der Waals surface area contributed by atoms with Crippen LogP contribution >= 0.6 is 0 Å². The van der Waals surface area contributed by atoms with Gasteiger partial charge >= 0.3 is 5.97 Å². The first kappa shape index (κ1) is 66.2. The van der Waals surface area contributed by atoms with Gasteiger partial charge in [0.05, 0.1) is 50.2 Å². The van der Waals surface area contributed by atoms with Crippen LogP contribution in [0.5, 0.6) is 0 Å². The molecular weight excluding hydrogens is 1120 g/mol. The number of aliphatic hydroxyl groups excluding tert-OH is 15. The van der Waals surface area contributed by atoms with Crippen LogP contribution in [0.1, 0.15) is 120 Å². The summed E-state index contributed by atoms with van der Waals surface area (Å²) in [5, 5.41) is 163. The molecule has 0 spiro atoms. The second kappa shape index (κ2) is 24.4. The minimum Gasteiger partial charge on any atom is -0.432 e. The van der Waals surface area contributed by atoms with Crippen molar-refractivity contribution in [3.8, 4) is 0 Å². The van der Waals surface area contributed by atoms with Crippen molar-refractivity contribution in [2.75, 3.05) is 26.4 Å². The Labute approximate surface area is 494 Å². The molecule has 0 amide bonds. The molecule has 488 valence electrons. The second-order valence-corrected chi connectivity index (χ2v) is 28.5. The van der Waals surface area contributed by atoms with E-state index in [-0.39, 0.29) is 47.2 Å². The van der Waals surface area contributed by atoms with Crippen LogP contribution in [0.4, 0.5) is 0 Å². The molecular formula is C59H96O26. The number of carbonyl (C=O) groups is 1. The summed E-state index contributed by atoms with van der Waals surface area (Å²) in [4.78, 5) is 15.2. The van der Waals surface area contributed by atoms with Gasteiger partial charge in [-0.05, 0) is 117 Å². The maximum atomic E-state index is 15.2. The first-order valence-corrected chi connectivity index (χ1v) is 30.6. The summed E-state index contributed by atoms with van der Waals surface area (Å²) in [5.74, 6) is -0.861. The lowest BCUT2D eigenvalue weighted by Gasteiger charge is -2.71. The Hall–Kier alpha value is -1.75. The van der Waals surface area contributed by atoms with Gasteiger partial charge in [-0.25, -0.2) is 0 Å². The molecule has 10 aliphatic rings. The van der Waals surface area contributed by atoms with E-state index in [9.17, 15) is 76.6 Å². The summed E-state index contributed by atoms with van der Waals surface area (Å²) >= 11 is 0. The van der Waals surface area contributed by atoms with Crippen LogP contribution in [-0.2, 0) is 52.2 Å². The summed E-state index contributed by atoms with van der Waals surface area (Å²) in [7, 11) is 0. The predicted octanol–water partition coefficient (Wildman–Crippen LogP) is -2.54. The third kappa shape index (κ3) is 11.1. The van der Waals surface area contributed by atoms with Crippen LogP contribution < -0.4 is 0 Å². The number of allylic oxidation sites excluding steroid dienone is 2. The molecule has 5 aliphatic heterocycles. The Balaban J connectivity index is 0.833. The third-order valence-corrected chi connectivity index (χ3v) is 23.2. The fourth-order valence-electron chi connectivity index (χ4n) is 17.5. The average molecular weight is 1220 g/mol. The molecule has 15 N–H and O–H groups in total. The molecule has 0 aromatic carbocycles. The van der Waals surface area contributed by atoms with Crippen LogP contribution in [0.15, 0.2) is 11.6 Å². The zero-order valence-corrected chi connectivity index (χ0v) is 49.8. The molecule has 33 atom stereocenters. The van der Waals surface area contributed by atoms with E-state index >= 15 is 4.79 Å².